The van der Waals surface area contributed by atoms with Gasteiger partial charge in [0.05, 0.1) is 4.58 Å². The molecule has 0 amide bonds. The number of ether oxygens (including phenoxy) is 1. The van der Waals surface area contributed by atoms with Gasteiger partial charge in [0.2, 0.25) is 0 Å². The molecule has 3 unspecified atom stereocenters. The molecule has 2 saturated heterocycles. The van der Waals surface area contributed by atoms with Gasteiger partial charge in [-0.15, -0.1) is 48.3 Å². The Kier molecular flexibility index (Phi) is 10.3. The van der Waals surface area contributed by atoms with E-state index in [0.717, 1.165) is 24.9 Å². The van der Waals surface area contributed by atoms with E-state index in [-0.39, 0.29) is 36.1 Å². The van der Waals surface area contributed by atoms with Crippen LogP contribution in [0.1, 0.15) is 31.4 Å². The summed E-state index contributed by atoms with van der Waals surface area (Å²) in [6, 6.07) is 21.4. The minimum Gasteiger partial charge on any atom is -0.358 e. The molecule has 0 aromatic heterocycles. The van der Waals surface area contributed by atoms with E-state index in [2.05, 4.69) is 98.0 Å². The first-order valence-electron chi connectivity index (χ1n) is 10.9. The number of hydrogen-bond donors (Lipinski definition) is 1. The molecule has 7 heteroatoms. The van der Waals surface area contributed by atoms with E-state index in [0.29, 0.717) is 10.5 Å². The van der Waals surface area contributed by atoms with E-state index >= 15 is 0 Å². The molecular weight excluding hydrogens is 479 g/mol. The lowest BCUT2D eigenvalue weighted by molar-refractivity contribution is -0.220. The zero-order valence-electron chi connectivity index (χ0n) is 19.1. The normalized spacial score (nSPS) is 26.9. The van der Waals surface area contributed by atoms with Gasteiger partial charge in [0.25, 0.3) is 0 Å². The first-order chi connectivity index (χ1) is 14.5. The number of piperidine rings is 1. The van der Waals surface area contributed by atoms with Crippen LogP contribution in [0.25, 0.3) is 0 Å². The summed E-state index contributed by atoms with van der Waals surface area (Å²) in [6.45, 7) is 5.74. The summed E-state index contributed by atoms with van der Waals surface area (Å²) in [6.07, 6.45) is 2.06. The van der Waals surface area contributed by atoms with Crippen molar-refractivity contribution in [2.24, 2.45) is 23.1 Å². The van der Waals surface area contributed by atoms with Crippen molar-refractivity contribution in [3.8, 4) is 0 Å². The molecule has 0 aliphatic carbocycles. The summed E-state index contributed by atoms with van der Waals surface area (Å²) < 4.78 is 6.98. The highest BCUT2D eigenvalue weighted by Gasteiger charge is 2.53. The van der Waals surface area contributed by atoms with E-state index in [1.807, 2.05) is 12.1 Å². The van der Waals surface area contributed by atoms with Gasteiger partial charge in [-0.25, -0.2) is 5.01 Å². The van der Waals surface area contributed by atoms with Crippen molar-refractivity contribution in [3.63, 3.8) is 0 Å². The average Bonchev–Trinajstić information content (AvgIpc) is 3.31. The molecule has 2 aromatic carbocycles. The highest BCUT2D eigenvalue weighted by atomic mass is 35.5. The number of hydrazine groups is 1. The Hall–Kier alpha value is -0.400. The maximum Gasteiger partial charge on any atom is 0.162 e. The van der Waals surface area contributed by atoms with Crippen LogP contribution in [0, 0.1) is 17.3 Å². The van der Waals surface area contributed by atoms with Crippen LogP contribution < -0.4 is 5.84 Å². The standard InChI is InChI=1S/C25H34N2OS2.2ClH/c1-24(2,23-29-14-15-30-23)22-17-21(16-19-10-6-4-7-11-19)25(28-3,27(26)18-22)20-12-8-5-9-13-20;;/h4-13,21-23H,14-18,26H2,1-3H3;2*1H. The molecule has 3 nitrogen and oxygen atoms in total. The Morgan fingerprint density at radius 1 is 1.00 bits per heavy atom. The van der Waals surface area contributed by atoms with Gasteiger partial charge in [0.1, 0.15) is 0 Å². The molecule has 4 rings (SSSR count). The molecule has 2 heterocycles. The molecule has 0 bridgehead atoms. The van der Waals surface area contributed by atoms with Crippen molar-refractivity contribution >= 4 is 48.3 Å². The van der Waals surface area contributed by atoms with Crippen LogP contribution in [-0.2, 0) is 16.9 Å². The SMILES string of the molecule is COC1(c2ccccc2)C(Cc2ccccc2)CC(C(C)(C)C2SCCS2)CN1N.Cl.Cl. The quantitative estimate of drug-likeness (QED) is 0.463. The first-order valence-corrected chi connectivity index (χ1v) is 13.0. The fourth-order valence-corrected chi connectivity index (χ4v) is 8.71. The number of hydrogen-bond acceptors (Lipinski definition) is 5. The lowest BCUT2D eigenvalue weighted by Gasteiger charge is -2.55. The van der Waals surface area contributed by atoms with Crippen LogP contribution in [0.5, 0.6) is 0 Å². The van der Waals surface area contributed by atoms with Gasteiger partial charge < -0.3 is 4.74 Å². The number of benzene rings is 2. The topological polar surface area (TPSA) is 38.5 Å². The van der Waals surface area contributed by atoms with Gasteiger partial charge in [-0.2, -0.15) is 0 Å². The molecule has 0 spiro atoms. The summed E-state index contributed by atoms with van der Waals surface area (Å²) in [5.41, 5.74) is 2.10. The third-order valence-electron chi connectivity index (χ3n) is 7.07. The molecule has 0 radical (unpaired) electrons. The third kappa shape index (κ3) is 5.30. The minimum atomic E-state index is -0.611. The van der Waals surface area contributed by atoms with Crippen molar-refractivity contribution in [2.45, 2.75) is 37.0 Å². The Bertz CT molecular complexity index is 821. The number of halogens is 2. The summed E-state index contributed by atoms with van der Waals surface area (Å²) in [7, 11) is 1.82. The number of methoxy groups -OCH3 is 1. The largest absolute Gasteiger partial charge is 0.358 e. The lowest BCUT2D eigenvalue weighted by Crippen LogP contribution is -2.63. The molecule has 3 atom stereocenters. The van der Waals surface area contributed by atoms with Crippen molar-refractivity contribution in [1.82, 2.24) is 5.01 Å². The van der Waals surface area contributed by atoms with Crippen molar-refractivity contribution in [3.05, 3.63) is 71.8 Å². The van der Waals surface area contributed by atoms with Crippen LogP contribution in [0.4, 0.5) is 0 Å². The zero-order valence-corrected chi connectivity index (χ0v) is 22.4. The second-order valence-electron chi connectivity index (χ2n) is 9.13. The number of thioether (sulfide) groups is 2. The smallest absolute Gasteiger partial charge is 0.162 e. The molecule has 178 valence electrons. The molecule has 32 heavy (non-hydrogen) atoms. The molecule has 2 fully saturated rings. The highest BCUT2D eigenvalue weighted by Crippen LogP contribution is 2.54. The number of rotatable bonds is 6. The van der Waals surface area contributed by atoms with Gasteiger partial charge in [0.15, 0.2) is 5.72 Å². The fraction of sp³-hybridized carbons (Fsp3) is 0.520. The van der Waals surface area contributed by atoms with Gasteiger partial charge >= 0.3 is 0 Å². The van der Waals surface area contributed by atoms with E-state index in [1.165, 1.54) is 17.1 Å². The zero-order chi connectivity index (χ0) is 21.2. The van der Waals surface area contributed by atoms with Crippen LogP contribution in [0.15, 0.2) is 60.7 Å². The van der Waals surface area contributed by atoms with Gasteiger partial charge in [0, 0.05) is 36.6 Å². The van der Waals surface area contributed by atoms with Crippen LogP contribution >= 0.6 is 48.3 Å². The Morgan fingerprint density at radius 2 is 1.56 bits per heavy atom. The Morgan fingerprint density at radius 3 is 2.12 bits per heavy atom. The Labute approximate surface area is 214 Å². The predicted octanol–water partition coefficient (Wildman–Crippen LogP) is 6.22. The lowest BCUT2D eigenvalue weighted by atomic mass is 9.67. The van der Waals surface area contributed by atoms with E-state index < -0.39 is 5.72 Å². The van der Waals surface area contributed by atoms with Gasteiger partial charge in [-0.1, -0.05) is 74.5 Å². The van der Waals surface area contributed by atoms with Gasteiger partial charge in [-0.3, -0.25) is 5.84 Å². The maximum absolute atomic E-state index is 6.88. The second-order valence-corrected chi connectivity index (χ2v) is 11.9. The number of nitrogens with zero attached hydrogens (tertiary/aromatic N) is 1. The number of nitrogens with two attached hydrogens (primary N) is 1. The molecule has 2 aromatic rings. The summed E-state index contributed by atoms with van der Waals surface area (Å²) in [5, 5.41) is 2.01. The van der Waals surface area contributed by atoms with Gasteiger partial charge in [-0.05, 0) is 29.7 Å². The van der Waals surface area contributed by atoms with Crippen LogP contribution in [0.2, 0.25) is 0 Å². The molecular formula is C25H36Cl2N2OS2. The first kappa shape index (κ1) is 27.8. The Balaban J connectivity index is 0.00000181. The maximum atomic E-state index is 6.88. The van der Waals surface area contributed by atoms with Crippen LogP contribution in [0.3, 0.4) is 0 Å². The fourth-order valence-electron chi connectivity index (χ4n) is 5.31. The predicted molar refractivity (Wildman–Crippen MR) is 145 cm³/mol. The van der Waals surface area contributed by atoms with Crippen molar-refractivity contribution < 1.29 is 4.74 Å². The van der Waals surface area contributed by atoms with Crippen LogP contribution in [-0.4, -0.2) is 34.8 Å². The molecule has 2 N–H and O–H groups in total. The average molecular weight is 516 g/mol. The van der Waals surface area contributed by atoms with E-state index in [9.17, 15) is 0 Å². The van der Waals surface area contributed by atoms with E-state index in [1.54, 1.807) is 0 Å². The molecule has 2 aliphatic rings. The van der Waals surface area contributed by atoms with Crippen molar-refractivity contribution in [2.75, 3.05) is 25.2 Å². The molecule has 0 saturated carbocycles. The highest BCUT2D eigenvalue weighted by molar-refractivity contribution is 8.20. The summed E-state index contributed by atoms with van der Waals surface area (Å²) in [4.78, 5) is 0. The molecule has 2 aliphatic heterocycles. The second kappa shape index (κ2) is 11.8. The van der Waals surface area contributed by atoms with Crippen molar-refractivity contribution in [1.29, 1.82) is 0 Å². The summed E-state index contributed by atoms with van der Waals surface area (Å²) >= 11 is 4.25. The minimum absolute atomic E-state index is 0. The summed E-state index contributed by atoms with van der Waals surface area (Å²) in [5.74, 6) is 10.2. The monoisotopic (exact) mass is 514 g/mol. The van der Waals surface area contributed by atoms with E-state index in [4.69, 9.17) is 10.6 Å². The third-order valence-corrected chi connectivity index (χ3v) is 10.8.